The van der Waals surface area contributed by atoms with Crippen LogP contribution in [0.15, 0.2) is 29.1 Å². The SMILES string of the molecule is O=c1[n-]sc2ccccc12.[Rb+]. The predicted octanol–water partition coefficient (Wildman–Crippen LogP) is -1.78. The largest absolute Gasteiger partial charge is 1.00 e. The summed E-state index contributed by atoms with van der Waals surface area (Å²) < 4.78 is 4.65. The Labute approximate surface area is 117 Å². The number of rotatable bonds is 0. The quantitative estimate of drug-likeness (QED) is 0.541. The molecule has 0 radical (unpaired) electrons. The summed E-state index contributed by atoms with van der Waals surface area (Å²) in [5.41, 5.74) is -0.111. The average Bonchev–Trinajstić information content (AvgIpc) is 2.34. The van der Waals surface area contributed by atoms with E-state index in [1.165, 1.54) is 11.5 Å². The zero-order chi connectivity index (χ0) is 6.97. The Balaban J connectivity index is 0.000000605. The van der Waals surface area contributed by atoms with Crippen molar-refractivity contribution in [3.63, 3.8) is 0 Å². The Morgan fingerprint density at radius 2 is 2.00 bits per heavy atom. The normalized spacial score (nSPS) is 9.45. The van der Waals surface area contributed by atoms with E-state index in [1.807, 2.05) is 18.2 Å². The second-order valence-corrected chi connectivity index (χ2v) is 2.79. The number of aromatic nitrogens is 1. The van der Waals surface area contributed by atoms with Crippen LogP contribution < -0.4 is 68.1 Å². The van der Waals surface area contributed by atoms with Gasteiger partial charge in [-0.2, -0.15) is 0 Å². The summed E-state index contributed by atoms with van der Waals surface area (Å²) in [6, 6.07) is 7.44. The molecule has 0 aliphatic heterocycles. The third-order valence-corrected chi connectivity index (χ3v) is 2.15. The standard InChI is InChI=1S/C7H5NOS.Rb/c9-7-5-3-1-2-4-6(5)10-8-7;/h1-4H,(H,8,9);/q;+1/p-1. The van der Waals surface area contributed by atoms with Crippen LogP contribution in [0.1, 0.15) is 0 Å². The topological polar surface area (TPSA) is 31.2 Å². The maximum absolute atomic E-state index is 10.9. The van der Waals surface area contributed by atoms with E-state index in [-0.39, 0.29) is 63.7 Å². The molecule has 0 amide bonds. The van der Waals surface area contributed by atoms with Crippen LogP contribution in [0.25, 0.3) is 10.1 Å². The van der Waals surface area contributed by atoms with Crippen LogP contribution >= 0.6 is 11.5 Å². The van der Waals surface area contributed by atoms with E-state index in [9.17, 15) is 4.79 Å². The van der Waals surface area contributed by atoms with Crippen LogP contribution in [0.3, 0.4) is 0 Å². The molecule has 0 saturated carbocycles. The van der Waals surface area contributed by atoms with E-state index in [4.69, 9.17) is 0 Å². The van der Waals surface area contributed by atoms with E-state index < -0.39 is 0 Å². The zero-order valence-corrected chi connectivity index (χ0v) is 11.8. The fourth-order valence-corrected chi connectivity index (χ4v) is 1.54. The van der Waals surface area contributed by atoms with Crippen LogP contribution in [0.4, 0.5) is 0 Å². The molecule has 0 spiro atoms. The van der Waals surface area contributed by atoms with Gasteiger partial charge in [0, 0.05) is 10.1 Å². The summed E-state index contributed by atoms with van der Waals surface area (Å²) in [6.07, 6.45) is 0. The van der Waals surface area contributed by atoms with Gasteiger partial charge in [-0.25, -0.2) is 0 Å². The Morgan fingerprint density at radius 1 is 1.27 bits per heavy atom. The molecule has 2 nitrogen and oxygen atoms in total. The van der Waals surface area contributed by atoms with Crippen LogP contribution in [0.2, 0.25) is 0 Å². The summed E-state index contributed by atoms with van der Waals surface area (Å²) >= 11 is 1.25. The molecule has 0 N–H and O–H groups in total. The van der Waals surface area contributed by atoms with Crippen molar-refractivity contribution in [1.29, 1.82) is 0 Å². The molecule has 1 aromatic carbocycles. The Bertz CT molecular complexity index is 406. The smallest absolute Gasteiger partial charge is 0.576 e. The van der Waals surface area contributed by atoms with Crippen molar-refractivity contribution < 1.29 is 58.2 Å². The van der Waals surface area contributed by atoms with E-state index >= 15 is 0 Å². The molecule has 0 atom stereocenters. The molecule has 0 fully saturated rings. The average molecular weight is 236 g/mol. The molecule has 0 saturated heterocycles. The van der Waals surface area contributed by atoms with Gasteiger partial charge in [0.15, 0.2) is 0 Å². The van der Waals surface area contributed by atoms with E-state index in [0.29, 0.717) is 0 Å². The second kappa shape index (κ2) is 4.10. The minimum absolute atomic E-state index is 0. The zero-order valence-electron chi connectivity index (χ0n) is 6.07. The minimum Gasteiger partial charge on any atom is -0.576 e. The first-order valence-corrected chi connectivity index (χ1v) is 3.67. The van der Waals surface area contributed by atoms with E-state index in [2.05, 4.69) is 4.37 Å². The fraction of sp³-hybridized carbons (Fsp3) is 0. The molecule has 0 aliphatic rings. The van der Waals surface area contributed by atoms with Crippen molar-refractivity contribution in [3.05, 3.63) is 34.6 Å². The molecule has 2 aromatic rings. The number of nitrogens with zero attached hydrogens (tertiary/aromatic N) is 1. The van der Waals surface area contributed by atoms with Crippen molar-refractivity contribution in [3.8, 4) is 0 Å². The third-order valence-electron chi connectivity index (χ3n) is 1.34. The molecule has 0 bridgehead atoms. The maximum Gasteiger partial charge on any atom is 1.00 e. The molecular weight excluding hydrogens is 232 g/mol. The van der Waals surface area contributed by atoms with Gasteiger partial charge in [-0.1, -0.05) is 18.2 Å². The fourth-order valence-electron chi connectivity index (χ4n) is 0.863. The predicted molar refractivity (Wildman–Crippen MR) is 41.4 cm³/mol. The monoisotopic (exact) mass is 235 g/mol. The number of hydrogen-bond donors (Lipinski definition) is 0. The van der Waals surface area contributed by atoms with Crippen molar-refractivity contribution in [2.45, 2.75) is 0 Å². The van der Waals surface area contributed by atoms with Crippen LogP contribution in [0, 0.1) is 0 Å². The molecule has 2 rings (SSSR count). The van der Waals surface area contributed by atoms with Crippen molar-refractivity contribution in [2.75, 3.05) is 0 Å². The van der Waals surface area contributed by atoms with Crippen molar-refractivity contribution in [1.82, 2.24) is 4.37 Å². The molecule has 4 heteroatoms. The molecule has 11 heavy (non-hydrogen) atoms. The number of benzene rings is 1. The van der Waals surface area contributed by atoms with Gasteiger partial charge >= 0.3 is 58.2 Å². The number of hydrogen-bond acceptors (Lipinski definition) is 2. The molecule has 0 unspecified atom stereocenters. The van der Waals surface area contributed by atoms with Gasteiger partial charge in [-0.3, -0.25) is 11.5 Å². The van der Waals surface area contributed by atoms with Gasteiger partial charge in [0.05, 0.1) is 5.56 Å². The molecule has 1 heterocycles. The van der Waals surface area contributed by atoms with Crippen LogP contribution in [-0.4, -0.2) is 0 Å². The first kappa shape index (κ1) is 9.80. The van der Waals surface area contributed by atoms with E-state index in [0.717, 1.165) is 10.1 Å². The van der Waals surface area contributed by atoms with Gasteiger partial charge in [-0.15, -0.1) is 0 Å². The number of fused-ring (bicyclic) bond motifs is 1. The molecule has 1 aromatic heterocycles. The molecule has 0 aliphatic carbocycles. The first-order chi connectivity index (χ1) is 4.88. The van der Waals surface area contributed by atoms with Gasteiger partial charge in [0.2, 0.25) is 0 Å². The Morgan fingerprint density at radius 3 is 2.73 bits per heavy atom. The minimum atomic E-state index is -0.111. The maximum atomic E-state index is 10.9. The van der Waals surface area contributed by atoms with Crippen LogP contribution in [0.5, 0.6) is 0 Å². The summed E-state index contributed by atoms with van der Waals surface area (Å²) in [7, 11) is 0. The van der Waals surface area contributed by atoms with Gasteiger partial charge < -0.3 is 9.17 Å². The summed E-state index contributed by atoms with van der Waals surface area (Å²) in [5.74, 6) is 0. The third kappa shape index (κ3) is 1.90. The Kier molecular flexibility index (Phi) is 3.65. The van der Waals surface area contributed by atoms with Gasteiger partial charge in [0.1, 0.15) is 0 Å². The van der Waals surface area contributed by atoms with Crippen molar-refractivity contribution in [2.24, 2.45) is 0 Å². The molecular formula is C7H4NORbS. The van der Waals surface area contributed by atoms with E-state index in [1.54, 1.807) is 6.07 Å². The van der Waals surface area contributed by atoms with Crippen LogP contribution in [-0.2, 0) is 0 Å². The second-order valence-electron chi connectivity index (χ2n) is 1.98. The van der Waals surface area contributed by atoms with Crippen molar-refractivity contribution >= 4 is 21.6 Å². The Hall–Kier alpha value is 0.715. The summed E-state index contributed by atoms with van der Waals surface area (Å²) in [6.45, 7) is 0. The van der Waals surface area contributed by atoms with Gasteiger partial charge in [-0.05, 0) is 6.07 Å². The first-order valence-electron chi connectivity index (χ1n) is 2.89. The summed E-state index contributed by atoms with van der Waals surface area (Å²) in [5, 5.41) is 0.729. The summed E-state index contributed by atoms with van der Waals surface area (Å²) in [4.78, 5) is 10.9. The molecule has 50 valence electrons. The van der Waals surface area contributed by atoms with Gasteiger partial charge in [0.25, 0.3) is 0 Å².